The van der Waals surface area contributed by atoms with Crippen LogP contribution in [0.15, 0.2) is 39.7 Å². The summed E-state index contributed by atoms with van der Waals surface area (Å²) >= 11 is 14.8. The fourth-order valence-electron chi connectivity index (χ4n) is 1.59. The molecule has 21 heavy (non-hydrogen) atoms. The van der Waals surface area contributed by atoms with Gasteiger partial charge in [-0.3, -0.25) is 4.72 Å². The van der Waals surface area contributed by atoms with Crippen LogP contribution in [0.1, 0.15) is 0 Å². The van der Waals surface area contributed by atoms with Crippen LogP contribution in [0.2, 0.25) is 10.2 Å². The molecule has 0 radical (unpaired) electrons. The van der Waals surface area contributed by atoms with Gasteiger partial charge in [0, 0.05) is 5.02 Å². The molecule has 2 rings (SSSR count). The molecule has 0 unspecified atom stereocenters. The number of pyridine rings is 1. The zero-order chi connectivity index (χ0) is 15.6. The molecule has 0 saturated heterocycles. The molecule has 0 aliphatic rings. The van der Waals surface area contributed by atoms with Gasteiger partial charge in [0.25, 0.3) is 10.0 Å². The highest BCUT2D eigenvalue weighted by atomic mass is 79.9. The molecule has 0 atom stereocenters. The second kappa shape index (κ2) is 6.39. The molecular weight excluding hydrogens is 403 g/mol. The standard InChI is InChI=1S/C12H9BrCl2N2O3S/c1-20-12-8(13)5-7(14)6-9(12)21(18,19)17-11-4-2-3-10(15)16-11/h2-6H,1H3,(H,16,17). The largest absolute Gasteiger partial charge is 0.494 e. The van der Waals surface area contributed by atoms with Gasteiger partial charge >= 0.3 is 0 Å². The fraction of sp³-hybridized carbons (Fsp3) is 0.0833. The summed E-state index contributed by atoms with van der Waals surface area (Å²) in [6, 6.07) is 7.43. The van der Waals surface area contributed by atoms with E-state index in [0.717, 1.165) is 0 Å². The van der Waals surface area contributed by atoms with Crippen molar-refractivity contribution in [2.45, 2.75) is 4.90 Å². The van der Waals surface area contributed by atoms with Crippen molar-refractivity contribution in [1.29, 1.82) is 0 Å². The Hall–Kier alpha value is -1.02. The summed E-state index contributed by atoms with van der Waals surface area (Å²) in [6.45, 7) is 0. The summed E-state index contributed by atoms with van der Waals surface area (Å²) in [7, 11) is -2.56. The molecule has 0 spiro atoms. The van der Waals surface area contributed by atoms with Crippen LogP contribution >= 0.6 is 39.1 Å². The quantitative estimate of drug-likeness (QED) is 0.773. The Morgan fingerprint density at radius 2 is 2.00 bits per heavy atom. The summed E-state index contributed by atoms with van der Waals surface area (Å²) in [5, 5.41) is 0.427. The predicted octanol–water partition coefficient (Wildman–Crippen LogP) is 3.96. The van der Waals surface area contributed by atoms with Gasteiger partial charge in [-0.25, -0.2) is 13.4 Å². The topological polar surface area (TPSA) is 68.3 Å². The minimum atomic E-state index is -3.93. The zero-order valence-corrected chi connectivity index (χ0v) is 14.5. The fourth-order valence-corrected chi connectivity index (χ4v) is 4.14. The van der Waals surface area contributed by atoms with Gasteiger partial charge in [-0.05, 0) is 40.2 Å². The molecule has 9 heteroatoms. The van der Waals surface area contributed by atoms with Gasteiger partial charge in [-0.15, -0.1) is 0 Å². The van der Waals surface area contributed by atoms with E-state index in [9.17, 15) is 8.42 Å². The molecule has 1 N–H and O–H groups in total. The summed E-state index contributed by atoms with van der Waals surface area (Å²) < 4.78 is 32.7. The molecule has 0 saturated carbocycles. The van der Waals surface area contributed by atoms with Gasteiger partial charge < -0.3 is 4.74 Å². The van der Waals surface area contributed by atoms with E-state index >= 15 is 0 Å². The summed E-state index contributed by atoms with van der Waals surface area (Å²) in [6.07, 6.45) is 0. The molecule has 112 valence electrons. The van der Waals surface area contributed by atoms with Gasteiger partial charge in [0.1, 0.15) is 15.9 Å². The number of rotatable bonds is 4. The van der Waals surface area contributed by atoms with Gasteiger partial charge in [0.05, 0.1) is 11.6 Å². The lowest BCUT2D eigenvalue weighted by Crippen LogP contribution is -2.15. The normalized spacial score (nSPS) is 11.2. The van der Waals surface area contributed by atoms with Crippen LogP contribution in [0.3, 0.4) is 0 Å². The summed E-state index contributed by atoms with van der Waals surface area (Å²) in [5.74, 6) is 0.245. The number of anilines is 1. The van der Waals surface area contributed by atoms with Gasteiger partial charge in [-0.2, -0.15) is 0 Å². The molecule has 1 heterocycles. The lowest BCUT2D eigenvalue weighted by atomic mass is 10.3. The second-order valence-corrected chi connectivity index (χ2v) is 7.20. The van der Waals surface area contributed by atoms with E-state index in [2.05, 4.69) is 25.6 Å². The Balaban J connectivity index is 2.49. The van der Waals surface area contributed by atoms with Crippen molar-refractivity contribution in [3.8, 4) is 5.75 Å². The predicted molar refractivity (Wildman–Crippen MR) is 85.8 cm³/mol. The van der Waals surface area contributed by atoms with Crippen LogP contribution in [-0.4, -0.2) is 20.5 Å². The molecular formula is C12H9BrCl2N2O3S. The Kier molecular flexibility index (Phi) is 4.98. The maximum Gasteiger partial charge on any atom is 0.266 e. The van der Waals surface area contributed by atoms with E-state index < -0.39 is 10.0 Å². The van der Waals surface area contributed by atoms with Crippen molar-refractivity contribution < 1.29 is 13.2 Å². The second-order valence-electron chi connectivity index (χ2n) is 3.87. The van der Waals surface area contributed by atoms with E-state index in [1.54, 1.807) is 6.07 Å². The first kappa shape index (κ1) is 16.4. The number of hydrogen-bond acceptors (Lipinski definition) is 4. The number of aromatic nitrogens is 1. The monoisotopic (exact) mass is 410 g/mol. The van der Waals surface area contributed by atoms with Gasteiger partial charge in [0.2, 0.25) is 0 Å². The third kappa shape index (κ3) is 3.79. The molecule has 0 amide bonds. The smallest absolute Gasteiger partial charge is 0.266 e. The van der Waals surface area contributed by atoms with Crippen LogP contribution < -0.4 is 9.46 Å². The molecule has 2 aromatic rings. The average Bonchev–Trinajstić information content (AvgIpc) is 2.37. The van der Waals surface area contributed by atoms with Crippen LogP contribution in [0.25, 0.3) is 0 Å². The third-order valence-corrected chi connectivity index (χ3v) is 4.80. The lowest BCUT2D eigenvalue weighted by Gasteiger charge is -2.13. The molecule has 1 aromatic carbocycles. The Labute approximate surface area is 140 Å². The Bertz CT molecular complexity index is 784. The van der Waals surface area contributed by atoms with Crippen LogP contribution in [0.5, 0.6) is 5.75 Å². The van der Waals surface area contributed by atoms with E-state index in [1.807, 2.05) is 0 Å². The first-order valence-corrected chi connectivity index (χ1v) is 8.55. The van der Waals surface area contributed by atoms with Crippen molar-refractivity contribution in [1.82, 2.24) is 4.98 Å². The highest BCUT2D eigenvalue weighted by molar-refractivity contribution is 9.10. The number of benzene rings is 1. The lowest BCUT2D eigenvalue weighted by molar-refractivity contribution is 0.400. The number of nitrogens with zero attached hydrogens (tertiary/aromatic N) is 1. The average molecular weight is 412 g/mol. The first-order valence-electron chi connectivity index (χ1n) is 5.52. The van der Waals surface area contributed by atoms with E-state index in [4.69, 9.17) is 27.9 Å². The maximum atomic E-state index is 12.4. The SMILES string of the molecule is COc1c(Br)cc(Cl)cc1S(=O)(=O)Nc1cccc(Cl)n1. The van der Waals surface area contributed by atoms with Gasteiger partial charge in [0.15, 0.2) is 5.75 Å². The highest BCUT2D eigenvalue weighted by Gasteiger charge is 2.23. The van der Waals surface area contributed by atoms with Crippen molar-refractivity contribution in [3.63, 3.8) is 0 Å². The minimum Gasteiger partial charge on any atom is -0.494 e. The molecule has 0 aliphatic heterocycles. The first-order chi connectivity index (χ1) is 9.83. The zero-order valence-electron chi connectivity index (χ0n) is 10.6. The van der Waals surface area contributed by atoms with E-state index in [-0.39, 0.29) is 26.6 Å². The Morgan fingerprint density at radius 3 is 2.62 bits per heavy atom. The molecule has 1 aromatic heterocycles. The maximum absolute atomic E-state index is 12.4. The Morgan fingerprint density at radius 1 is 1.29 bits per heavy atom. The summed E-state index contributed by atoms with van der Waals surface area (Å²) in [5.41, 5.74) is 0. The third-order valence-electron chi connectivity index (χ3n) is 2.42. The van der Waals surface area contributed by atoms with Gasteiger partial charge in [-0.1, -0.05) is 29.3 Å². The summed E-state index contributed by atoms with van der Waals surface area (Å²) in [4.78, 5) is 3.77. The number of sulfonamides is 1. The molecule has 0 bridgehead atoms. The number of hydrogen-bond donors (Lipinski definition) is 1. The van der Waals surface area contributed by atoms with Crippen LogP contribution in [0, 0.1) is 0 Å². The van der Waals surface area contributed by atoms with Crippen LogP contribution in [0.4, 0.5) is 5.82 Å². The molecule has 0 aliphatic carbocycles. The van der Waals surface area contributed by atoms with E-state index in [1.165, 1.54) is 31.4 Å². The molecule has 5 nitrogen and oxygen atoms in total. The van der Waals surface area contributed by atoms with Crippen LogP contribution in [-0.2, 0) is 10.0 Å². The number of nitrogens with one attached hydrogen (secondary N) is 1. The van der Waals surface area contributed by atoms with Crippen molar-refractivity contribution in [3.05, 3.63) is 45.0 Å². The highest BCUT2D eigenvalue weighted by Crippen LogP contribution is 2.36. The van der Waals surface area contributed by atoms with Crippen molar-refractivity contribution in [2.24, 2.45) is 0 Å². The number of ether oxygens (including phenoxy) is 1. The number of halogens is 3. The minimum absolute atomic E-state index is 0.0978. The molecule has 0 fully saturated rings. The number of methoxy groups -OCH3 is 1. The van der Waals surface area contributed by atoms with E-state index in [0.29, 0.717) is 4.47 Å². The van der Waals surface area contributed by atoms with Crippen molar-refractivity contribution >= 4 is 55.0 Å². The van der Waals surface area contributed by atoms with Crippen molar-refractivity contribution in [2.75, 3.05) is 11.8 Å².